The lowest BCUT2D eigenvalue weighted by molar-refractivity contribution is 0.0528. The molecular weight excluding hydrogens is 256 g/mol. The minimum atomic E-state index is -0.465. The van der Waals surface area contributed by atoms with E-state index < -0.39 is 5.60 Å². The number of hydrogen-bond donors (Lipinski definition) is 3. The molecule has 0 aromatic carbocycles. The van der Waals surface area contributed by atoms with Gasteiger partial charge in [0, 0.05) is 13.1 Å². The average molecular weight is 280 g/mol. The molecule has 1 aromatic rings. The van der Waals surface area contributed by atoms with Crippen molar-refractivity contribution in [2.75, 3.05) is 24.1 Å². The molecular formula is C14H24N4O2. The van der Waals surface area contributed by atoms with Crippen molar-refractivity contribution in [3.05, 3.63) is 17.8 Å². The third kappa shape index (κ3) is 6.26. The van der Waals surface area contributed by atoms with E-state index in [1.165, 1.54) is 0 Å². The summed E-state index contributed by atoms with van der Waals surface area (Å²) < 4.78 is 5.13. The van der Waals surface area contributed by atoms with Crippen molar-refractivity contribution < 1.29 is 9.53 Å². The molecule has 0 saturated heterocycles. The maximum Gasteiger partial charge on any atom is 0.407 e. The predicted octanol–water partition coefficient (Wildman–Crippen LogP) is 2.30. The number of carbonyl (C=O) groups excluding carboxylic acids is 1. The van der Waals surface area contributed by atoms with Crippen molar-refractivity contribution in [3.63, 3.8) is 0 Å². The Hall–Kier alpha value is -1.98. The Morgan fingerprint density at radius 2 is 2.05 bits per heavy atom. The number of rotatable bonds is 5. The van der Waals surface area contributed by atoms with E-state index in [0.29, 0.717) is 18.8 Å². The first-order chi connectivity index (χ1) is 9.28. The van der Waals surface area contributed by atoms with Crippen LogP contribution in [-0.2, 0) is 4.74 Å². The highest BCUT2D eigenvalue weighted by Crippen LogP contribution is 2.11. The zero-order chi connectivity index (χ0) is 15.2. The Kier molecular flexibility index (Phi) is 5.61. The quantitative estimate of drug-likeness (QED) is 0.720. The largest absolute Gasteiger partial charge is 0.444 e. The number of nitrogens with zero attached hydrogens (tertiary/aromatic N) is 1. The van der Waals surface area contributed by atoms with Crippen LogP contribution >= 0.6 is 0 Å². The molecule has 0 fully saturated rings. The Balaban J connectivity index is 2.19. The summed E-state index contributed by atoms with van der Waals surface area (Å²) in [5, 5.41) is 5.88. The van der Waals surface area contributed by atoms with Crippen LogP contribution in [0.3, 0.4) is 0 Å². The van der Waals surface area contributed by atoms with E-state index in [1.54, 1.807) is 0 Å². The van der Waals surface area contributed by atoms with Gasteiger partial charge in [-0.05, 0) is 46.2 Å². The summed E-state index contributed by atoms with van der Waals surface area (Å²) in [5.74, 6) is 0.786. The molecule has 0 atom stereocenters. The van der Waals surface area contributed by atoms with Crippen molar-refractivity contribution in [2.24, 2.45) is 0 Å². The van der Waals surface area contributed by atoms with E-state index in [4.69, 9.17) is 10.5 Å². The van der Waals surface area contributed by atoms with Crippen molar-refractivity contribution >= 4 is 17.6 Å². The average Bonchev–Trinajstić information content (AvgIpc) is 2.31. The fourth-order valence-corrected chi connectivity index (χ4v) is 1.48. The van der Waals surface area contributed by atoms with Crippen LogP contribution in [0.5, 0.6) is 0 Å². The van der Waals surface area contributed by atoms with Gasteiger partial charge in [0.1, 0.15) is 11.4 Å². The van der Waals surface area contributed by atoms with Crippen LogP contribution in [0.25, 0.3) is 0 Å². The molecule has 20 heavy (non-hydrogen) atoms. The zero-order valence-corrected chi connectivity index (χ0v) is 12.6. The molecule has 0 saturated carbocycles. The molecule has 1 heterocycles. The first kappa shape index (κ1) is 16.1. The summed E-state index contributed by atoms with van der Waals surface area (Å²) >= 11 is 0. The number of nitrogens with one attached hydrogen (secondary N) is 2. The molecule has 0 unspecified atom stereocenters. The van der Waals surface area contributed by atoms with Gasteiger partial charge in [-0.15, -0.1) is 0 Å². The van der Waals surface area contributed by atoms with Gasteiger partial charge in [0.05, 0.1) is 11.4 Å². The van der Waals surface area contributed by atoms with E-state index in [1.807, 2.05) is 39.8 Å². The molecule has 0 aliphatic heterocycles. The van der Waals surface area contributed by atoms with E-state index in [-0.39, 0.29) is 6.09 Å². The van der Waals surface area contributed by atoms with Crippen LogP contribution in [0.15, 0.2) is 12.1 Å². The molecule has 112 valence electrons. The Labute approximate surface area is 120 Å². The maximum absolute atomic E-state index is 11.4. The van der Waals surface area contributed by atoms with Gasteiger partial charge in [0.25, 0.3) is 0 Å². The summed E-state index contributed by atoms with van der Waals surface area (Å²) in [6.07, 6.45) is 0.392. The van der Waals surface area contributed by atoms with Crippen molar-refractivity contribution in [2.45, 2.75) is 39.7 Å². The van der Waals surface area contributed by atoms with Crippen molar-refractivity contribution in [1.29, 1.82) is 0 Å². The highest BCUT2D eigenvalue weighted by Gasteiger charge is 2.15. The molecule has 4 N–H and O–H groups in total. The Morgan fingerprint density at radius 1 is 1.35 bits per heavy atom. The van der Waals surface area contributed by atoms with Crippen LogP contribution in [0.1, 0.15) is 32.9 Å². The van der Waals surface area contributed by atoms with E-state index in [2.05, 4.69) is 15.6 Å². The van der Waals surface area contributed by atoms with Crippen molar-refractivity contribution in [1.82, 2.24) is 10.3 Å². The van der Waals surface area contributed by atoms with Crippen LogP contribution in [0, 0.1) is 6.92 Å². The monoisotopic (exact) mass is 280 g/mol. The van der Waals surface area contributed by atoms with E-state index >= 15 is 0 Å². The van der Waals surface area contributed by atoms with Crippen LogP contribution < -0.4 is 16.4 Å². The minimum Gasteiger partial charge on any atom is -0.444 e. The van der Waals surface area contributed by atoms with Crippen molar-refractivity contribution in [3.8, 4) is 0 Å². The Bertz CT molecular complexity index is 455. The number of ether oxygens (including phenoxy) is 1. The standard InChI is InChI=1S/C14H24N4O2/c1-10-11(15)6-7-12(18-10)16-8-5-9-17-13(19)20-14(2,3)4/h6-7H,5,8-9,15H2,1-4H3,(H,16,18)(H,17,19). The number of aromatic nitrogens is 1. The van der Waals surface area contributed by atoms with Crippen LogP contribution in [-0.4, -0.2) is 29.8 Å². The fourth-order valence-electron chi connectivity index (χ4n) is 1.48. The van der Waals surface area contributed by atoms with Gasteiger partial charge in [-0.3, -0.25) is 0 Å². The highest BCUT2D eigenvalue weighted by molar-refractivity contribution is 5.67. The minimum absolute atomic E-state index is 0.390. The number of anilines is 2. The molecule has 6 heteroatoms. The van der Waals surface area contributed by atoms with Gasteiger partial charge in [-0.1, -0.05) is 0 Å². The lowest BCUT2D eigenvalue weighted by Crippen LogP contribution is -2.33. The van der Waals surface area contributed by atoms with E-state index in [9.17, 15) is 4.79 Å². The first-order valence-electron chi connectivity index (χ1n) is 6.72. The lowest BCUT2D eigenvalue weighted by atomic mass is 10.2. The number of amides is 1. The second-order valence-corrected chi connectivity index (χ2v) is 5.58. The molecule has 0 aliphatic rings. The number of carbonyl (C=O) groups is 1. The highest BCUT2D eigenvalue weighted by atomic mass is 16.6. The summed E-state index contributed by atoms with van der Waals surface area (Å²) in [5.41, 5.74) is 6.72. The van der Waals surface area contributed by atoms with Gasteiger partial charge in [0.15, 0.2) is 0 Å². The number of alkyl carbamates (subject to hydrolysis) is 1. The smallest absolute Gasteiger partial charge is 0.407 e. The van der Waals surface area contributed by atoms with Gasteiger partial charge >= 0.3 is 6.09 Å². The Morgan fingerprint density at radius 3 is 2.65 bits per heavy atom. The third-order valence-electron chi connectivity index (χ3n) is 2.45. The predicted molar refractivity (Wildman–Crippen MR) is 80.7 cm³/mol. The summed E-state index contributed by atoms with van der Waals surface area (Å²) in [6, 6.07) is 3.66. The molecule has 0 aliphatic carbocycles. The number of hydrogen-bond acceptors (Lipinski definition) is 5. The number of nitrogen functional groups attached to an aromatic ring is 1. The summed E-state index contributed by atoms with van der Waals surface area (Å²) in [7, 11) is 0. The molecule has 1 rings (SSSR count). The van der Waals surface area contributed by atoms with Gasteiger partial charge in [-0.2, -0.15) is 0 Å². The SMILES string of the molecule is Cc1nc(NCCCNC(=O)OC(C)(C)C)ccc1N. The van der Waals surface area contributed by atoms with E-state index in [0.717, 1.165) is 17.9 Å². The number of aryl methyl sites for hydroxylation is 1. The topological polar surface area (TPSA) is 89.3 Å². The molecule has 0 spiro atoms. The summed E-state index contributed by atoms with van der Waals surface area (Å²) in [6.45, 7) is 8.64. The molecule has 1 amide bonds. The van der Waals surface area contributed by atoms with Gasteiger partial charge in [0.2, 0.25) is 0 Å². The van der Waals surface area contributed by atoms with Gasteiger partial charge in [-0.25, -0.2) is 9.78 Å². The molecule has 0 bridgehead atoms. The van der Waals surface area contributed by atoms with Crippen LogP contribution in [0.2, 0.25) is 0 Å². The number of nitrogens with two attached hydrogens (primary N) is 1. The first-order valence-corrected chi connectivity index (χ1v) is 6.72. The molecule has 6 nitrogen and oxygen atoms in total. The second kappa shape index (κ2) is 6.98. The number of pyridine rings is 1. The molecule has 0 radical (unpaired) electrons. The fraction of sp³-hybridized carbons (Fsp3) is 0.571. The summed E-state index contributed by atoms with van der Waals surface area (Å²) in [4.78, 5) is 15.7. The lowest BCUT2D eigenvalue weighted by Gasteiger charge is -2.19. The maximum atomic E-state index is 11.4. The zero-order valence-electron chi connectivity index (χ0n) is 12.6. The second-order valence-electron chi connectivity index (χ2n) is 5.58. The normalized spacial score (nSPS) is 11.0. The molecule has 1 aromatic heterocycles. The third-order valence-corrected chi connectivity index (χ3v) is 2.45. The van der Waals surface area contributed by atoms with Gasteiger partial charge < -0.3 is 21.1 Å². The van der Waals surface area contributed by atoms with Crippen LogP contribution in [0.4, 0.5) is 16.3 Å².